The summed E-state index contributed by atoms with van der Waals surface area (Å²) >= 11 is 0. The molecule has 1 N–H and O–H groups in total. The van der Waals surface area contributed by atoms with Gasteiger partial charge in [-0.3, -0.25) is 4.79 Å². The van der Waals surface area contributed by atoms with E-state index in [2.05, 4.69) is 14.5 Å². The van der Waals surface area contributed by atoms with Crippen molar-refractivity contribution in [2.45, 2.75) is 37.6 Å². The smallest absolute Gasteiger partial charge is 0.250 e. The third-order valence-electron chi connectivity index (χ3n) is 3.48. The van der Waals surface area contributed by atoms with Crippen molar-refractivity contribution in [1.29, 1.82) is 0 Å². The summed E-state index contributed by atoms with van der Waals surface area (Å²) in [4.78, 5) is 18.7. The monoisotopic (exact) mass is 215 g/mol. The van der Waals surface area contributed by atoms with Crippen molar-refractivity contribution in [3.05, 3.63) is 28.4 Å². The highest BCUT2D eigenvalue weighted by Gasteiger charge is 2.35. The number of fused-ring (bicyclic) bond motifs is 1. The number of imidazole rings is 1. The molecule has 4 nitrogen and oxygen atoms in total. The first kappa shape index (κ1) is 8.56. The molecule has 4 rings (SSSR count). The van der Waals surface area contributed by atoms with Gasteiger partial charge in [0.25, 0.3) is 0 Å². The lowest BCUT2D eigenvalue weighted by molar-refractivity contribution is 0.703. The van der Waals surface area contributed by atoms with Gasteiger partial charge in [-0.05, 0) is 25.7 Å². The molecule has 0 unspecified atom stereocenters. The summed E-state index contributed by atoms with van der Waals surface area (Å²) in [6, 6.07) is 2.29. The summed E-state index contributed by atoms with van der Waals surface area (Å²) in [5, 5.41) is 0. The van der Waals surface area contributed by atoms with Crippen LogP contribution in [0.15, 0.2) is 17.1 Å². The van der Waals surface area contributed by atoms with E-state index >= 15 is 0 Å². The Balaban J connectivity index is 2.05. The summed E-state index contributed by atoms with van der Waals surface area (Å²) in [6.45, 7) is 0. The topological polar surface area (TPSA) is 50.7 Å². The van der Waals surface area contributed by atoms with Gasteiger partial charge in [0.05, 0.1) is 5.52 Å². The van der Waals surface area contributed by atoms with Gasteiger partial charge < -0.3 is 9.55 Å². The predicted octanol–water partition coefficient (Wildman–Crippen LogP) is 1.94. The summed E-state index contributed by atoms with van der Waals surface area (Å²) in [6.07, 6.45) is 6.71. The molecule has 2 aromatic heterocycles. The second-order valence-electron chi connectivity index (χ2n) is 4.91. The van der Waals surface area contributed by atoms with E-state index in [0.29, 0.717) is 12.0 Å². The van der Waals surface area contributed by atoms with Crippen LogP contribution in [0.5, 0.6) is 0 Å². The number of H-pyrrole nitrogens is 1. The van der Waals surface area contributed by atoms with Crippen LogP contribution in [-0.2, 0) is 0 Å². The van der Waals surface area contributed by atoms with E-state index in [-0.39, 0.29) is 5.56 Å². The summed E-state index contributed by atoms with van der Waals surface area (Å²) in [5.74, 6) is 1.85. The predicted molar refractivity (Wildman–Crippen MR) is 60.6 cm³/mol. The van der Waals surface area contributed by atoms with Crippen molar-refractivity contribution in [1.82, 2.24) is 14.5 Å². The van der Waals surface area contributed by atoms with Crippen LogP contribution in [0.25, 0.3) is 11.0 Å². The molecule has 2 saturated carbocycles. The minimum Gasteiger partial charge on any atom is -0.327 e. The van der Waals surface area contributed by atoms with E-state index in [0.717, 1.165) is 11.0 Å². The zero-order valence-electron chi connectivity index (χ0n) is 8.94. The summed E-state index contributed by atoms with van der Waals surface area (Å²) in [7, 11) is 0. The molecule has 0 atom stereocenters. The third-order valence-corrected chi connectivity index (χ3v) is 3.48. The summed E-state index contributed by atoms with van der Waals surface area (Å²) in [5.41, 5.74) is 1.93. The quantitative estimate of drug-likeness (QED) is 0.832. The van der Waals surface area contributed by atoms with Crippen LogP contribution < -0.4 is 5.56 Å². The van der Waals surface area contributed by atoms with Crippen LogP contribution >= 0.6 is 0 Å². The molecule has 4 heteroatoms. The fraction of sp³-hybridized carbons (Fsp3) is 0.500. The molecule has 0 radical (unpaired) electrons. The van der Waals surface area contributed by atoms with Crippen LogP contribution in [0.3, 0.4) is 0 Å². The van der Waals surface area contributed by atoms with E-state index in [1.807, 2.05) is 0 Å². The average Bonchev–Trinajstić information content (AvgIpc) is 3.14. The number of hydrogen-bond acceptors (Lipinski definition) is 2. The molecule has 0 saturated heterocycles. The molecule has 0 aromatic carbocycles. The first-order valence-corrected chi connectivity index (χ1v) is 5.93. The molecular weight excluding hydrogens is 202 g/mol. The van der Waals surface area contributed by atoms with Crippen molar-refractivity contribution >= 4 is 11.0 Å². The Labute approximate surface area is 92.3 Å². The Hall–Kier alpha value is -1.58. The molecule has 0 aliphatic heterocycles. The zero-order valence-corrected chi connectivity index (χ0v) is 8.94. The van der Waals surface area contributed by atoms with Gasteiger partial charge in [0.2, 0.25) is 5.56 Å². The minimum absolute atomic E-state index is 0.0309. The molecule has 0 amide bonds. The summed E-state index contributed by atoms with van der Waals surface area (Å²) < 4.78 is 2.31. The highest BCUT2D eigenvalue weighted by molar-refractivity contribution is 5.75. The maximum atomic E-state index is 11.4. The van der Waals surface area contributed by atoms with Crippen LogP contribution in [-0.4, -0.2) is 14.5 Å². The number of nitrogens with zero attached hydrogens (tertiary/aromatic N) is 2. The number of hydrogen-bond donors (Lipinski definition) is 1. The molecule has 2 aliphatic rings. The normalized spacial score (nSPS) is 20.5. The van der Waals surface area contributed by atoms with Crippen molar-refractivity contribution in [3.8, 4) is 0 Å². The number of aromatic nitrogens is 3. The zero-order chi connectivity index (χ0) is 10.7. The highest BCUT2D eigenvalue weighted by atomic mass is 16.1. The minimum atomic E-state index is -0.0309. The van der Waals surface area contributed by atoms with Gasteiger partial charge in [-0.1, -0.05) is 0 Å². The Bertz CT molecular complexity index is 617. The number of pyridine rings is 1. The standard InChI is InChI=1S/C12H13N3O/c16-11-5-10-9(6-13-11)14-12(7-1-2-7)15(10)8-3-4-8/h5-8H,1-4H2,(H,13,16). The number of rotatable bonds is 2. The van der Waals surface area contributed by atoms with Crippen molar-refractivity contribution in [2.24, 2.45) is 0 Å². The van der Waals surface area contributed by atoms with Gasteiger partial charge in [0.1, 0.15) is 11.3 Å². The third kappa shape index (κ3) is 1.16. The van der Waals surface area contributed by atoms with E-state index in [1.54, 1.807) is 12.3 Å². The van der Waals surface area contributed by atoms with Gasteiger partial charge in [0, 0.05) is 24.2 Å². The molecule has 16 heavy (non-hydrogen) atoms. The lowest BCUT2D eigenvalue weighted by Crippen LogP contribution is -2.05. The molecule has 2 fully saturated rings. The Morgan fingerprint density at radius 2 is 2.12 bits per heavy atom. The molecule has 82 valence electrons. The maximum Gasteiger partial charge on any atom is 0.250 e. The SMILES string of the molecule is O=c1cc2c(c[nH]1)nc(C1CC1)n2C1CC1. The first-order chi connectivity index (χ1) is 7.83. The van der Waals surface area contributed by atoms with E-state index in [4.69, 9.17) is 0 Å². The van der Waals surface area contributed by atoms with Gasteiger partial charge in [0.15, 0.2) is 0 Å². The highest BCUT2D eigenvalue weighted by Crippen LogP contribution is 2.46. The van der Waals surface area contributed by atoms with Gasteiger partial charge >= 0.3 is 0 Å². The fourth-order valence-electron chi connectivity index (χ4n) is 2.38. The Morgan fingerprint density at radius 3 is 2.81 bits per heavy atom. The van der Waals surface area contributed by atoms with Gasteiger partial charge in [-0.15, -0.1) is 0 Å². The van der Waals surface area contributed by atoms with E-state index in [9.17, 15) is 4.79 Å². The Morgan fingerprint density at radius 1 is 1.31 bits per heavy atom. The van der Waals surface area contributed by atoms with E-state index < -0.39 is 0 Å². The lowest BCUT2D eigenvalue weighted by Gasteiger charge is -2.05. The molecule has 2 heterocycles. The molecule has 0 spiro atoms. The van der Waals surface area contributed by atoms with E-state index in [1.165, 1.54) is 31.5 Å². The Kier molecular flexibility index (Phi) is 1.47. The van der Waals surface area contributed by atoms with Crippen LogP contribution in [0.4, 0.5) is 0 Å². The van der Waals surface area contributed by atoms with Gasteiger partial charge in [-0.25, -0.2) is 4.98 Å². The average molecular weight is 215 g/mol. The second kappa shape index (κ2) is 2.75. The van der Waals surface area contributed by atoms with Crippen LogP contribution in [0.2, 0.25) is 0 Å². The number of nitrogens with one attached hydrogen (secondary N) is 1. The maximum absolute atomic E-state index is 11.4. The largest absolute Gasteiger partial charge is 0.327 e. The lowest BCUT2D eigenvalue weighted by atomic mass is 10.3. The molecule has 2 aliphatic carbocycles. The van der Waals surface area contributed by atoms with Crippen molar-refractivity contribution in [2.75, 3.05) is 0 Å². The van der Waals surface area contributed by atoms with Gasteiger partial charge in [-0.2, -0.15) is 0 Å². The first-order valence-electron chi connectivity index (χ1n) is 5.93. The second-order valence-corrected chi connectivity index (χ2v) is 4.91. The number of aromatic amines is 1. The van der Waals surface area contributed by atoms with Crippen molar-refractivity contribution in [3.63, 3.8) is 0 Å². The molecular formula is C12H13N3O. The van der Waals surface area contributed by atoms with Crippen LogP contribution in [0, 0.1) is 0 Å². The van der Waals surface area contributed by atoms with Crippen LogP contribution in [0.1, 0.15) is 43.5 Å². The molecule has 2 aromatic rings. The van der Waals surface area contributed by atoms with Crippen molar-refractivity contribution < 1.29 is 0 Å². The fourth-order valence-corrected chi connectivity index (χ4v) is 2.38. The molecule has 0 bridgehead atoms.